The van der Waals surface area contributed by atoms with E-state index in [1.807, 2.05) is 6.92 Å². The molecular weight excluding hydrogens is 222 g/mol. The fourth-order valence-electron chi connectivity index (χ4n) is 2.48. The Labute approximate surface area is 100 Å². The average molecular weight is 247 g/mol. The van der Waals surface area contributed by atoms with Crippen LogP contribution in [0.15, 0.2) is 0 Å². The van der Waals surface area contributed by atoms with Gasteiger partial charge in [-0.05, 0) is 37.5 Å². The van der Waals surface area contributed by atoms with Gasteiger partial charge in [0.1, 0.15) is 0 Å². The van der Waals surface area contributed by atoms with Crippen LogP contribution in [0.4, 0.5) is 0 Å². The van der Waals surface area contributed by atoms with Crippen LogP contribution in [0, 0.1) is 11.8 Å². The molecule has 0 atom stereocenters. The summed E-state index contributed by atoms with van der Waals surface area (Å²) in [5.41, 5.74) is 0. The lowest BCUT2D eigenvalue weighted by Gasteiger charge is -2.31. The SMILES string of the molecule is CCCS(=O)(=O)N1CCC(CC(C)C)CC1. The van der Waals surface area contributed by atoms with Gasteiger partial charge in [0.25, 0.3) is 0 Å². The van der Waals surface area contributed by atoms with Gasteiger partial charge in [-0.3, -0.25) is 0 Å². The third-order valence-corrected chi connectivity index (χ3v) is 5.31. The maximum absolute atomic E-state index is 11.8. The molecule has 16 heavy (non-hydrogen) atoms. The first kappa shape index (κ1) is 14.0. The van der Waals surface area contributed by atoms with Gasteiger partial charge in [0.05, 0.1) is 5.75 Å². The highest BCUT2D eigenvalue weighted by molar-refractivity contribution is 7.89. The summed E-state index contributed by atoms with van der Waals surface area (Å²) >= 11 is 0. The van der Waals surface area contributed by atoms with Crippen molar-refractivity contribution in [1.29, 1.82) is 0 Å². The Morgan fingerprint density at radius 2 is 1.81 bits per heavy atom. The van der Waals surface area contributed by atoms with Crippen LogP contribution in [0.1, 0.15) is 46.5 Å². The predicted octanol–water partition coefficient (Wildman–Crippen LogP) is 2.48. The van der Waals surface area contributed by atoms with Crippen LogP contribution in [-0.4, -0.2) is 31.6 Å². The molecule has 0 saturated carbocycles. The zero-order chi connectivity index (χ0) is 12.2. The monoisotopic (exact) mass is 247 g/mol. The number of piperidine rings is 1. The second-order valence-electron chi connectivity index (χ2n) is 5.29. The lowest BCUT2D eigenvalue weighted by atomic mass is 9.89. The van der Waals surface area contributed by atoms with Gasteiger partial charge in [0.2, 0.25) is 10.0 Å². The summed E-state index contributed by atoms with van der Waals surface area (Å²) in [4.78, 5) is 0. The molecule has 1 heterocycles. The summed E-state index contributed by atoms with van der Waals surface area (Å²) in [5.74, 6) is 1.76. The van der Waals surface area contributed by atoms with Gasteiger partial charge in [0.15, 0.2) is 0 Å². The summed E-state index contributed by atoms with van der Waals surface area (Å²) < 4.78 is 25.4. The highest BCUT2D eigenvalue weighted by Gasteiger charge is 2.27. The van der Waals surface area contributed by atoms with Crippen molar-refractivity contribution in [1.82, 2.24) is 4.31 Å². The van der Waals surface area contributed by atoms with Gasteiger partial charge in [0, 0.05) is 13.1 Å². The largest absolute Gasteiger partial charge is 0.214 e. The van der Waals surface area contributed by atoms with Crippen molar-refractivity contribution in [3.8, 4) is 0 Å². The van der Waals surface area contributed by atoms with E-state index in [4.69, 9.17) is 0 Å². The van der Waals surface area contributed by atoms with Crippen LogP contribution >= 0.6 is 0 Å². The topological polar surface area (TPSA) is 37.4 Å². The molecule has 0 aromatic carbocycles. The number of hydrogen-bond acceptors (Lipinski definition) is 2. The van der Waals surface area contributed by atoms with Crippen LogP contribution in [0.3, 0.4) is 0 Å². The van der Waals surface area contributed by atoms with E-state index in [2.05, 4.69) is 13.8 Å². The quantitative estimate of drug-likeness (QED) is 0.748. The minimum atomic E-state index is -2.95. The Morgan fingerprint density at radius 3 is 2.25 bits per heavy atom. The molecule has 0 unspecified atom stereocenters. The van der Waals surface area contributed by atoms with Crippen molar-refractivity contribution in [2.24, 2.45) is 11.8 Å². The Bertz CT molecular complexity index is 290. The van der Waals surface area contributed by atoms with Gasteiger partial charge in [-0.1, -0.05) is 20.8 Å². The molecule has 0 amide bonds. The molecule has 0 radical (unpaired) electrons. The fraction of sp³-hybridized carbons (Fsp3) is 1.00. The lowest BCUT2D eigenvalue weighted by molar-refractivity contribution is 0.246. The number of sulfonamides is 1. The molecule has 0 aromatic rings. The fourth-order valence-corrected chi connectivity index (χ4v) is 4.02. The first-order valence-electron chi connectivity index (χ1n) is 6.43. The van der Waals surface area contributed by atoms with Crippen molar-refractivity contribution in [2.45, 2.75) is 46.5 Å². The summed E-state index contributed by atoms with van der Waals surface area (Å²) in [5, 5.41) is 0. The highest BCUT2D eigenvalue weighted by atomic mass is 32.2. The minimum Gasteiger partial charge on any atom is -0.212 e. The van der Waals surface area contributed by atoms with Crippen molar-refractivity contribution in [3.63, 3.8) is 0 Å². The Hall–Kier alpha value is -0.0900. The molecule has 1 saturated heterocycles. The molecule has 1 fully saturated rings. The van der Waals surface area contributed by atoms with Crippen LogP contribution < -0.4 is 0 Å². The molecule has 96 valence electrons. The van der Waals surface area contributed by atoms with E-state index in [-0.39, 0.29) is 0 Å². The Balaban J connectivity index is 2.43. The molecule has 0 N–H and O–H groups in total. The molecule has 4 heteroatoms. The van der Waals surface area contributed by atoms with Gasteiger partial charge in [-0.15, -0.1) is 0 Å². The minimum absolute atomic E-state index is 0.307. The van der Waals surface area contributed by atoms with E-state index >= 15 is 0 Å². The zero-order valence-electron chi connectivity index (χ0n) is 10.8. The zero-order valence-corrected chi connectivity index (χ0v) is 11.6. The standard InChI is InChI=1S/C12H25NO2S/c1-4-9-16(14,15)13-7-5-12(6-8-13)10-11(2)3/h11-12H,4-10H2,1-3H3. The van der Waals surface area contributed by atoms with Crippen LogP contribution in [0.2, 0.25) is 0 Å². The summed E-state index contributed by atoms with van der Waals surface area (Å²) in [6.07, 6.45) is 4.04. The normalized spacial score (nSPS) is 20.5. The van der Waals surface area contributed by atoms with Crippen molar-refractivity contribution >= 4 is 10.0 Å². The average Bonchev–Trinajstić information content (AvgIpc) is 2.17. The van der Waals surface area contributed by atoms with Gasteiger partial charge in [-0.2, -0.15) is 0 Å². The lowest BCUT2D eigenvalue weighted by Crippen LogP contribution is -2.39. The number of hydrogen-bond donors (Lipinski definition) is 0. The third-order valence-electron chi connectivity index (χ3n) is 3.23. The van der Waals surface area contributed by atoms with Crippen molar-refractivity contribution in [3.05, 3.63) is 0 Å². The third kappa shape index (κ3) is 4.06. The summed E-state index contributed by atoms with van der Waals surface area (Å²) in [6.45, 7) is 7.86. The molecule has 0 bridgehead atoms. The second kappa shape index (κ2) is 6.01. The number of nitrogens with zero attached hydrogens (tertiary/aromatic N) is 1. The first-order valence-corrected chi connectivity index (χ1v) is 8.04. The number of rotatable bonds is 5. The van der Waals surface area contributed by atoms with Crippen LogP contribution in [-0.2, 0) is 10.0 Å². The van der Waals surface area contributed by atoms with Crippen molar-refractivity contribution in [2.75, 3.05) is 18.8 Å². The van der Waals surface area contributed by atoms with Crippen LogP contribution in [0.25, 0.3) is 0 Å². The highest BCUT2D eigenvalue weighted by Crippen LogP contribution is 2.25. The maximum atomic E-state index is 11.8. The molecule has 0 spiro atoms. The van der Waals surface area contributed by atoms with E-state index in [1.165, 1.54) is 6.42 Å². The van der Waals surface area contributed by atoms with E-state index in [1.54, 1.807) is 4.31 Å². The van der Waals surface area contributed by atoms with Gasteiger partial charge < -0.3 is 0 Å². The molecular formula is C12H25NO2S. The molecule has 1 rings (SSSR count). The molecule has 3 nitrogen and oxygen atoms in total. The predicted molar refractivity (Wildman–Crippen MR) is 67.8 cm³/mol. The Morgan fingerprint density at radius 1 is 1.25 bits per heavy atom. The van der Waals surface area contributed by atoms with Crippen molar-refractivity contribution < 1.29 is 8.42 Å². The van der Waals surface area contributed by atoms with Gasteiger partial charge in [-0.25, -0.2) is 12.7 Å². The van der Waals surface area contributed by atoms with E-state index < -0.39 is 10.0 Å². The molecule has 0 aromatic heterocycles. The smallest absolute Gasteiger partial charge is 0.212 e. The van der Waals surface area contributed by atoms with Gasteiger partial charge >= 0.3 is 0 Å². The molecule has 0 aliphatic carbocycles. The first-order chi connectivity index (χ1) is 7.45. The second-order valence-corrected chi connectivity index (χ2v) is 7.38. The van der Waals surface area contributed by atoms with E-state index in [0.717, 1.165) is 37.8 Å². The molecule has 1 aliphatic heterocycles. The van der Waals surface area contributed by atoms with E-state index in [9.17, 15) is 8.42 Å². The molecule has 1 aliphatic rings. The Kier molecular flexibility index (Phi) is 5.25. The van der Waals surface area contributed by atoms with E-state index in [0.29, 0.717) is 12.2 Å². The summed E-state index contributed by atoms with van der Waals surface area (Å²) in [7, 11) is -2.95. The maximum Gasteiger partial charge on any atom is 0.214 e. The van der Waals surface area contributed by atoms with Crippen LogP contribution in [0.5, 0.6) is 0 Å². The summed E-state index contributed by atoms with van der Waals surface area (Å²) in [6, 6.07) is 0.